The summed E-state index contributed by atoms with van der Waals surface area (Å²) in [4.78, 5) is 8.91. The molecule has 0 amide bonds. The number of ether oxygens (including phenoxy) is 2. The van der Waals surface area contributed by atoms with E-state index in [-0.39, 0.29) is 0 Å². The third-order valence-corrected chi connectivity index (χ3v) is 3.87. The summed E-state index contributed by atoms with van der Waals surface area (Å²) in [6, 6.07) is 15.1. The summed E-state index contributed by atoms with van der Waals surface area (Å²) in [5, 5.41) is 9.54. The highest BCUT2D eigenvalue weighted by molar-refractivity contribution is 5.72. The molecule has 28 heavy (non-hydrogen) atoms. The maximum atomic E-state index is 5.85. The van der Waals surface area contributed by atoms with E-state index in [4.69, 9.17) is 15.2 Å². The first kappa shape index (κ1) is 19.2. The summed E-state index contributed by atoms with van der Waals surface area (Å²) in [7, 11) is 3.46. The molecule has 3 rings (SSSR count). The van der Waals surface area contributed by atoms with Crippen LogP contribution in [0.25, 0.3) is 0 Å². The first-order valence-corrected chi connectivity index (χ1v) is 8.84. The quantitative estimate of drug-likeness (QED) is 0.329. The number of anilines is 6. The third-order valence-electron chi connectivity index (χ3n) is 3.87. The lowest BCUT2D eigenvalue weighted by molar-refractivity contribution is 0.146. The molecule has 0 saturated heterocycles. The Hall–Kier alpha value is -3.52. The zero-order valence-electron chi connectivity index (χ0n) is 15.9. The molecule has 0 radical (unpaired) electrons. The highest BCUT2D eigenvalue weighted by Gasteiger charge is 2.08. The van der Waals surface area contributed by atoms with E-state index in [9.17, 15) is 0 Å². The molecule has 8 heteroatoms. The third kappa shape index (κ3) is 5.24. The molecule has 0 atom stereocenters. The summed E-state index contributed by atoms with van der Waals surface area (Å²) in [5.74, 6) is 1.89. The Labute approximate surface area is 164 Å². The lowest BCUT2D eigenvalue weighted by Crippen LogP contribution is -2.05. The van der Waals surface area contributed by atoms with Gasteiger partial charge in [0.15, 0.2) is 5.82 Å². The number of nitrogen functional groups attached to an aromatic ring is 1. The normalized spacial score (nSPS) is 10.4. The minimum Gasteiger partial charge on any atom is -0.491 e. The highest BCUT2D eigenvalue weighted by atomic mass is 16.5. The average molecular weight is 380 g/mol. The van der Waals surface area contributed by atoms with Gasteiger partial charge in [0.1, 0.15) is 12.4 Å². The fraction of sp³-hybridized carbons (Fsp3) is 0.200. The molecular formula is C20H24N6O2. The monoisotopic (exact) mass is 380 g/mol. The fourth-order valence-electron chi connectivity index (χ4n) is 2.48. The zero-order valence-corrected chi connectivity index (χ0v) is 15.9. The van der Waals surface area contributed by atoms with Crippen LogP contribution in [-0.4, -0.2) is 37.3 Å². The maximum Gasteiger partial charge on any atom is 0.229 e. The van der Waals surface area contributed by atoms with Gasteiger partial charge in [-0.3, -0.25) is 0 Å². The van der Waals surface area contributed by atoms with E-state index in [1.54, 1.807) is 13.3 Å². The highest BCUT2D eigenvalue weighted by Crippen LogP contribution is 2.26. The molecule has 2 aromatic carbocycles. The van der Waals surface area contributed by atoms with Crippen molar-refractivity contribution in [2.24, 2.45) is 0 Å². The maximum absolute atomic E-state index is 5.85. The van der Waals surface area contributed by atoms with Gasteiger partial charge in [-0.1, -0.05) is 6.07 Å². The van der Waals surface area contributed by atoms with Crippen molar-refractivity contribution in [1.82, 2.24) is 9.97 Å². The minimum absolute atomic E-state index is 0.471. The van der Waals surface area contributed by atoms with Crippen molar-refractivity contribution < 1.29 is 9.47 Å². The molecule has 0 saturated carbocycles. The van der Waals surface area contributed by atoms with E-state index in [2.05, 4.69) is 25.9 Å². The molecule has 8 nitrogen and oxygen atoms in total. The van der Waals surface area contributed by atoms with Crippen LogP contribution in [0.4, 0.5) is 34.5 Å². The molecule has 1 aromatic heterocycles. The molecular weight excluding hydrogens is 356 g/mol. The fourth-order valence-corrected chi connectivity index (χ4v) is 2.48. The lowest BCUT2D eigenvalue weighted by Gasteiger charge is -2.13. The van der Waals surface area contributed by atoms with Gasteiger partial charge in [0.05, 0.1) is 18.5 Å². The van der Waals surface area contributed by atoms with Crippen molar-refractivity contribution in [3.63, 3.8) is 0 Å². The average Bonchev–Trinajstić information content (AvgIpc) is 2.70. The van der Waals surface area contributed by atoms with Gasteiger partial charge in [0, 0.05) is 31.2 Å². The van der Waals surface area contributed by atoms with Crippen LogP contribution < -0.4 is 26.4 Å². The van der Waals surface area contributed by atoms with Crippen LogP contribution in [0.5, 0.6) is 5.75 Å². The van der Waals surface area contributed by atoms with Crippen LogP contribution in [0.1, 0.15) is 0 Å². The minimum atomic E-state index is 0.471. The zero-order chi connectivity index (χ0) is 19.8. The largest absolute Gasteiger partial charge is 0.491 e. The van der Waals surface area contributed by atoms with Crippen LogP contribution >= 0.6 is 0 Å². The van der Waals surface area contributed by atoms with Gasteiger partial charge in [-0.25, -0.2) is 4.98 Å². The van der Waals surface area contributed by atoms with Gasteiger partial charge >= 0.3 is 0 Å². The van der Waals surface area contributed by atoms with Crippen molar-refractivity contribution in [2.45, 2.75) is 0 Å². The smallest absolute Gasteiger partial charge is 0.229 e. The summed E-state index contributed by atoms with van der Waals surface area (Å²) in [6.07, 6.45) is 1.71. The number of aromatic nitrogens is 2. The number of hydrogen-bond acceptors (Lipinski definition) is 8. The number of nitrogens with one attached hydrogen (secondary N) is 3. The summed E-state index contributed by atoms with van der Waals surface area (Å²) in [5.41, 5.74) is 9.00. The van der Waals surface area contributed by atoms with Gasteiger partial charge in [0.2, 0.25) is 5.95 Å². The van der Waals surface area contributed by atoms with Gasteiger partial charge in [-0.15, -0.1) is 0 Å². The second-order valence-corrected chi connectivity index (χ2v) is 5.95. The van der Waals surface area contributed by atoms with Crippen LogP contribution in [0.15, 0.2) is 54.7 Å². The van der Waals surface area contributed by atoms with Crippen molar-refractivity contribution in [1.29, 1.82) is 0 Å². The van der Waals surface area contributed by atoms with Crippen LogP contribution in [0.3, 0.4) is 0 Å². The standard InChI is InChI=1S/C20H24N6O2/c1-22-18-13-23-20(26-19(18)24-16-5-3-4-14(21)12-16)25-15-6-8-17(9-7-15)28-11-10-27-2/h3-9,12-13,22H,10-11,21H2,1-2H3,(H2,23,24,25,26). The van der Waals surface area contributed by atoms with Gasteiger partial charge in [-0.2, -0.15) is 4.98 Å². The Morgan fingerprint density at radius 1 is 1.00 bits per heavy atom. The summed E-state index contributed by atoms with van der Waals surface area (Å²) < 4.78 is 10.5. The number of rotatable bonds is 9. The van der Waals surface area contributed by atoms with Crippen molar-refractivity contribution >= 4 is 34.5 Å². The number of benzene rings is 2. The van der Waals surface area contributed by atoms with Crippen LogP contribution in [-0.2, 0) is 4.74 Å². The van der Waals surface area contributed by atoms with Crippen molar-refractivity contribution in [3.05, 3.63) is 54.7 Å². The van der Waals surface area contributed by atoms with Gasteiger partial charge in [0.25, 0.3) is 0 Å². The molecule has 0 aliphatic heterocycles. The molecule has 0 unspecified atom stereocenters. The second kappa shape index (κ2) is 9.43. The number of nitrogens with zero attached hydrogens (tertiary/aromatic N) is 2. The Kier molecular flexibility index (Phi) is 6.48. The summed E-state index contributed by atoms with van der Waals surface area (Å²) in [6.45, 7) is 1.06. The predicted octanol–water partition coefficient (Wildman–Crippen LogP) is 3.61. The molecule has 0 bridgehead atoms. The Bertz CT molecular complexity index is 901. The van der Waals surface area contributed by atoms with Crippen molar-refractivity contribution in [2.75, 3.05) is 49.1 Å². The SMILES string of the molecule is CNc1cnc(Nc2ccc(OCCOC)cc2)nc1Nc1cccc(N)c1. The molecule has 146 valence electrons. The molecule has 3 aromatic rings. The second-order valence-electron chi connectivity index (χ2n) is 5.95. The Morgan fingerprint density at radius 3 is 2.54 bits per heavy atom. The van der Waals surface area contributed by atoms with Crippen LogP contribution in [0, 0.1) is 0 Å². The predicted molar refractivity (Wildman–Crippen MR) is 113 cm³/mol. The Morgan fingerprint density at radius 2 is 1.82 bits per heavy atom. The first-order chi connectivity index (χ1) is 13.7. The van der Waals surface area contributed by atoms with Gasteiger partial charge in [-0.05, 0) is 42.5 Å². The van der Waals surface area contributed by atoms with E-state index in [1.807, 2.05) is 55.6 Å². The van der Waals surface area contributed by atoms with E-state index < -0.39 is 0 Å². The van der Waals surface area contributed by atoms with Crippen LogP contribution in [0.2, 0.25) is 0 Å². The van der Waals surface area contributed by atoms with Crippen molar-refractivity contribution in [3.8, 4) is 5.75 Å². The molecule has 0 aliphatic carbocycles. The molecule has 0 aliphatic rings. The summed E-state index contributed by atoms with van der Waals surface area (Å²) >= 11 is 0. The number of hydrogen-bond donors (Lipinski definition) is 4. The van der Waals surface area contributed by atoms with E-state index in [1.165, 1.54) is 0 Å². The first-order valence-electron chi connectivity index (χ1n) is 8.84. The molecule has 1 heterocycles. The van der Waals surface area contributed by atoms with E-state index >= 15 is 0 Å². The molecule has 0 spiro atoms. The van der Waals surface area contributed by atoms with Gasteiger partial charge < -0.3 is 31.2 Å². The number of nitrogens with two attached hydrogens (primary N) is 1. The lowest BCUT2D eigenvalue weighted by atomic mass is 10.3. The topological polar surface area (TPSA) is 106 Å². The van der Waals surface area contributed by atoms with E-state index in [0.717, 1.165) is 22.8 Å². The Balaban J connectivity index is 1.72. The number of methoxy groups -OCH3 is 1. The van der Waals surface area contributed by atoms with E-state index in [0.29, 0.717) is 30.7 Å². The molecule has 5 N–H and O–H groups in total. The molecule has 0 fully saturated rings.